The van der Waals surface area contributed by atoms with Crippen molar-refractivity contribution in [2.45, 2.75) is 13.0 Å². The second kappa shape index (κ2) is 8.70. The van der Waals surface area contributed by atoms with E-state index in [-0.39, 0.29) is 11.4 Å². The molecule has 158 valence electrons. The topological polar surface area (TPSA) is 76.4 Å². The maximum absolute atomic E-state index is 12.5. The first-order chi connectivity index (χ1) is 14.5. The molecule has 1 aromatic carbocycles. The molecule has 1 saturated heterocycles. The van der Waals surface area contributed by atoms with Gasteiger partial charge in [0.25, 0.3) is 12.0 Å². The van der Waals surface area contributed by atoms with E-state index < -0.39 is 13.0 Å². The zero-order chi connectivity index (χ0) is 21.1. The van der Waals surface area contributed by atoms with Gasteiger partial charge in [-0.15, -0.1) is 0 Å². The van der Waals surface area contributed by atoms with Gasteiger partial charge < -0.3 is 9.64 Å². The molecule has 3 heterocycles. The Morgan fingerprint density at radius 1 is 1.13 bits per heavy atom. The summed E-state index contributed by atoms with van der Waals surface area (Å²) in [5, 5.41) is 4.56. The number of rotatable bonds is 6. The molecule has 10 heteroatoms. The Hall–Kier alpha value is -3.14. The van der Waals surface area contributed by atoms with Gasteiger partial charge in [-0.25, -0.2) is 23.4 Å². The van der Waals surface area contributed by atoms with Crippen molar-refractivity contribution < 1.29 is 13.5 Å². The number of piperazine rings is 1. The van der Waals surface area contributed by atoms with Crippen LogP contribution in [-0.2, 0) is 13.6 Å². The van der Waals surface area contributed by atoms with Crippen LogP contribution in [0.4, 0.5) is 14.5 Å². The third-order valence-electron chi connectivity index (χ3n) is 5.14. The van der Waals surface area contributed by atoms with Crippen LogP contribution in [0.25, 0.3) is 10.9 Å². The van der Waals surface area contributed by atoms with Crippen LogP contribution in [-0.4, -0.2) is 63.9 Å². The van der Waals surface area contributed by atoms with Crippen LogP contribution in [0.15, 0.2) is 41.6 Å². The molecule has 0 aliphatic carbocycles. The summed E-state index contributed by atoms with van der Waals surface area (Å²) in [5.41, 5.74) is 2.25. The van der Waals surface area contributed by atoms with Crippen LogP contribution in [0.3, 0.4) is 0 Å². The van der Waals surface area contributed by atoms with E-state index in [1.54, 1.807) is 19.3 Å². The van der Waals surface area contributed by atoms with Gasteiger partial charge in [0.2, 0.25) is 5.88 Å². The van der Waals surface area contributed by atoms with Crippen LogP contribution in [0.5, 0.6) is 5.88 Å². The molecule has 0 radical (unpaired) electrons. The first-order valence-corrected chi connectivity index (χ1v) is 9.65. The van der Waals surface area contributed by atoms with E-state index >= 15 is 0 Å². The summed E-state index contributed by atoms with van der Waals surface area (Å²) < 4.78 is 31.6. The average molecular weight is 416 g/mol. The van der Waals surface area contributed by atoms with Gasteiger partial charge in [0.05, 0.1) is 10.9 Å². The van der Waals surface area contributed by atoms with Crippen molar-refractivity contribution in [2.24, 2.45) is 7.05 Å². The first-order valence-electron chi connectivity index (χ1n) is 9.65. The fourth-order valence-corrected chi connectivity index (χ4v) is 3.55. The van der Waals surface area contributed by atoms with E-state index in [1.165, 1.54) is 11.0 Å². The van der Waals surface area contributed by atoms with E-state index in [0.717, 1.165) is 37.4 Å². The maximum atomic E-state index is 12.5. The number of hydrogen-bond donors (Lipinski definition) is 0. The number of halogens is 2. The number of aromatic nitrogens is 4. The molecule has 1 aliphatic heterocycles. The monoisotopic (exact) mass is 416 g/mol. The lowest BCUT2D eigenvalue weighted by Crippen LogP contribution is -2.46. The van der Waals surface area contributed by atoms with Crippen LogP contribution >= 0.6 is 0 Å². The molecule has 0 N–H and O–H groups in total. The third kappa shape index (κ3) is 4.38. The summed E-state index contributed by atoms with van der Waals surface area (Å²) >= 11 is 0. The molecule has 3 aromatic rings. The molecule has 0 amide bonds. The lowest BCUT2D eigenvalue weighted by molar-refractivity contribution is 0.0804. The molecule has 30 heavy (non-hydrogen) atoms. The normalized spacial score (nSPS) is 15.1. The maximum Gasteiger partial charge on any atom is 0.272 e. The lowest BCUT2D eigenvalue weighted by atomic mass is 10.1. The Labute approximate surface area is 171 Å². The minimum atomic E-state index is -2.57. The highest BCUT2D eigenvalue weighted by Crippen LogP contribution is 2.27. The smallest absolute Gasteiger partial charge is 0.272 e. The average Bonchev–Trinajstić information content (AvgIpc) is 2.75. The highest BCUT2D eigenvalue weighted by Gasteiger charge is 2.19. The van der Waals surface area contributed by atoms with Gasteiger partial charge in [-0.05, 0) is 24.3 Å². The number of alkyl halides is 2. The summed E-state index contributed by atoms with van der Waals surface area (Å²) in [7, 11) is 1.65. The Bertz CT molecular complexity index is 1080. The Balaban J connectivity index is 1.46. The van der Waals surface area contributed by atoms with Crippen molar-refractivity contribution in [3.8, 4) is 5.88 Å². The fourth-order valence-electron chi connectivity index (χ4n) is 3.55. The zero-order valence-electron chi connectivity index (χ0n) is 16.5. The number of benzene rings is 1. The molecular weight excluding hydrogens is 394 g/mol. The standard InChI is InChI=1S/C20H22F2N6O2/c1-26-20(29)14(4-5-25-26)11-27-6-8-28(9-7-27)15-2-3-17-16(10-15)19(24-13-23-17)30-12-18(21)22/h2-5,10,13,18H,6-9,11-12H2,1H3. The molecule has 0 saturated carbocycles. The first kappa shape index (κ1) is 20.1. The molecule has 8 nitrogen and oxygen atoms in total. The number of fused-ring (bicyclic) bond motifs is 1. The van der Waals surface area contributed by atoms with Crippen molar-refractivity contribution in [1.82, 2.24) is 24.6 Å². The summed E-state index contributed by atoms with van der Waals surface area (Å²) in [6.07, 6.45) is 0.381. The van der Waals surface area contributed by atoms with Gasteiger partial charge in [-0.2, -0.15) is 5.10 Å². The van der Waals surface area contributed by atoms with Gasteiger partial charge in [0.1, 0.15) is 6.33 Å². The summed E-state index contributed by atoms with van der Waals surface area (Å²) in [5.74, 6) is 0.161. The molecule has 2 aromatic heterocycles. The van der Waals surface area contributed by atoms with E-state index in [0.29, 0.717) is 17.4 Å². The Morgan fingerprint density at radius 3 is 2.70 bits per heavy atom. The molecule has 0 unspecified atom stereocenters. The summed E-state index contributed by atoms with van der Waals surface area (Å²) in [6, 6.07) is 7.44. The predicted octanol–water partition coefficient (Wildman–Crippen LogP) is 1.69. The highest BCUT2D eigenvalue weighted by molar-refractivity contribution is 5.86. The van der Waals surface area contributed by atoms with Crippen molar-refractivity contribution in [3.05, 3.63) is 52.7 Å². The largest absolute Gasteiger partial charge is 0.471 e. The molecular formula is C20H22F2N6O2. The minimum Gasteiger partial charge on any atom is -0.471 e. The fraction of sp³-hybridized carbons (Fsp3) is 0.400. The molecule has 1 aliphatic rings. The lowest BCUT2D eigenvalue weighted by Gasteiger charge is -2.36. The van der Waals surface area contributed by atoms with Crippen LogP contribution in [0, 0.1) is 0 Å². The zero-order valence-corrected chi connectivity index (χ0v) is 16.5. The van der Waals surface area contributed by atoms with Gasteiger partial charge in [0.15, 0.2) is 6.61 Å². The number of nitrogens with zero attached hydrogens (tertiary/aromatic N) is 6. The predicted molar refractivity (Wildman–Crippen MR) is 108 cm³/mol. The van der Waals surface area contributed by atoms with Crippen molar-refractivity contribution in [2.75, 3.05) is 37.7 Å². The second-order valence-electron chi connectivity index (χ2n) is 7.13. The van der Waals surface area contributed by atoms with Gasteiger partial charge in [-0.3, -0.25) is 9.69 Å². The van der Waals surface area contributed by atoms with Gasteiger partial charge in [0, 0.05) is 57.2 Å². The van der Waals surface area contributed by atoms with Crippen LogP contribution < -0.4 is 15.2 Å². The minimum absolute atomic E-state index is 0.0780. The van der Waals surface area contributed by atoms with Gasteiger partial charge >= 0.3 is 0 Å². The Kier molecular flexibility index (Phi) is 5.84. The van der Waals surface area contributed by atoms with Crippen molar-refractivity contribution in [1.29, 1.82) is 0 Å². The number of hydrogen-bond acceptors (Lipinski definition) is 7. The number of anilines is 1. The number of ether oxygens (including phenoxy) is 1. The third-order valence-corrected chi connectivity index (χ3v) is 5.14. The van der Waals surface area contributed by atoms with Gasteiger partial charge in [-0.1, -0.05) is 0 Å². The van der Waals surface area contributed by atoms with E-state index in [9.17, 15) is 13.6 Å². The van der Waals surface area contributed by atoms with E-state index in [4.69, 9.17) is 4.74 Å². The van der Waals surface area contributed by atoms with E-state index in [1.807, 2.05) is 18.2 Å². The van der Waals surface area contributed by atoms with Crippen molar-refractivity contribution in [3.63, 3.8) is 0 Å². The highest BCUT2D eigenvalue weighted by atomic mass is 19.3. The number of aryl methyl sites for hydroxylation is 1. The summed E-state index contributed by atoms with van der Waals surface area (Å²) in [4.78, 5) is 24.8. The Morgan fingerprint density at radius 2 is 1.93 bits per heavy atom. The molecule has 1 fully saturated rings. The molecule has 0 spiro atoms. The second-order valence-corrected chi connectivity index (χ2v) is 7.13. The van der Waals surface area contributed by atoms with E-state index in [2.05, 4.69) is 24.9 Å². The van der Waals surface area contributed by atoms with Crippen molar-refractivity contribution >= 4 is 16.6 Å². The molecule has 0 atom stereocenters. The molecule has 0 bridgehead atoms. The molecule has 4 rings (SSSR count). The quantitative estimate of drug-likeness (QED) is 0.605. The summed E-state index contributed by atoms with van der Waals surface area (Å²) in [6.45, 7) is 3.02. The van der Waals surface area contributed by atoms with Crippen LogP contribution in [0.1, 0.15) is 5.56 Å². The SMILES string of the molecule is Cn1nccc(CN2CCN(c3ccc4ncnc(OCC(F)F)c4c3)CC2)c1=O. The van der Waals surface area contributed by atoms with Crippen LogP contribution in [0.2, 0.25) is 0 Å².